The number of hydrogen-bond donors (Lipinski definition) is 2. The van der Waals surface area contributed by atoms with E-state index in [0.29, 0.717) is 25.3 Å². The maximum Gasteiger partial charge on any atom is 0.243 e. The average molecular weight is 477 g/mol. The number of aromatic nitrogens is 2. The topological polar surface area (TPSA) is 112 Å². The highest BCUT2D eigenvalue weighted by atomic mass is 32.2. The molecule has 0 aliphatic carbocycles. The molecule has 0 bridgehead atoms. The number of rotatable bonds is 8. The van der Waals surface area contributed by atoms with Crippen LogP contribution in [0, 0.1) is 5.92 Å². The number of fused-ring (bicyclic) bond motifs is 1. The van der Waals surface area contributed by atoms with Crippen LogP contribution in [0.15, 0.2) is 58.3 Å². The zero-order valence-electron chi connectivity index (χ0n) is 18.2. The molecule has 1 aliphatic rings. The first kappa shape index (κ1) is 22.9. The van der Waals surface area contributed by atoms with Gasteiger partial charge in [-0.2, -0.15) is 4.31 Å². The Labute approximate surface area is 189 Å². The van der Waals surface area contributed by atoms with E-state index in [-0.39, 0.29) is 15.7 Å². The Kier molecular flexibility index (Phi) is 6.39. The minimum Gasteiger partial charge on any atom is -0.341 e. The Morgan fingerprint density at radius 3 is 2.22 bits per heavy atom. The van der Waals surface area contributed by atoms with Crippen LogP contribution in [-0.4, -0.2) is 44.2 Å². The highest BCUT2D eigenvalue weighted by molar-refractivity contribution is 7.89. The van der Waals surface area contributed by atoms with Crippen molar-refractivity contribution < 1.29 is 16.8 Å². The summed E-state index contributed by atoms with van der Waals surface area (Å²) in [6.07, 6.45) is 2.24. The van der Waals surface area contributed by atoms with E-state index in [9.17, 15) is 16.8 Å². The predicted molar refractivity (Wildman–Crippen MR) is 123 cm³/mol. The molecule has 2 aromatic carbocycles. The van der Waals surface area contributed by atoms with Crippen LogP contribution in [0.5, 0.6) is 0 Å². The minimum absolute atomic E-state index is 0.0164. The molecule has 8 nitrogen and oxygen atoms in total. The van der Waals surface area contributed by atoms with E-state index >= 15 is 0 Å². The molecular weight excluding hydrogens is 448 g/mol. The summed E-state index contributed by atoms with van der Waals surface area (Å²) in [5.41, 5.74) is 1.61. The van der Waals surface area contributed by atoms with E-state index in [1.807, 2.05) is 38.1 Å². The van der Waals surface area contributed by atoms with Gasteiger partial charge in [-0.15, -0.1) is 0 Å². The lowest BCUT2D eigenvalue weighted by molar-refractivity contribution is 0.459. The molecule has 0 radical (unpaired) electrons. The van der Waals surface area contributed by atoms with E-state index in [0.717, 1.165) is 23.9 Å². The summed E-state index contributed by atoms with van der Waals surface area (Å²) in [6.45, 7) is 5.03. The molecular formula is C22H28N4O4S2. The number of sulfonamides is 2. The summed E-state index contributed by atoms with van der Waals surface area (Å²) in [6, 6.07) is 12.4. The third-order valence-electron chi connectivity index (χ3n) is 5.58. The molecule has 2 N–H and O–H groups in total. The van der Waals surface area contributed by atoms with Crippen molar-refractivity contribution in [2.75, 3.05) is 13.1 Å². The molecule has 2 heterocycles. The average Bonchev–Trinajstić information content (AvgIpc) is 3.43. The predicted octanol–water partition coefficient (Wildman–Crippen LogP) is 3.41. The maximum atomic E-state index is 13.1. The second-order valence-corrected chi connectivity index (χ2v) is 12.2. The Bertz CT molecular complexity index is 1260. The Hall–Kier alpha value is -2.27. The molecule has 0 amide bonds. The lowest BCUT2D eigenvalue weighted by Gasteiger charge is -2.19. The van der Waals surface area contributed by atoms with Gasteiger partial charge in [-0.1, -0.05) is 26.0 Å². The molecule has 0 unspecified atom stereocenters. The summed E-state index contributed by atoms with van der Waals surface area (Å²) >= 11 is 0. The number of para-hydroxylation sites is 2. The van der Waals surface area contributed by atoms with Crippen LogP contribution in [0.4, 0.5) is 0 Å². The van der Waals surface area contributed by atoms with Crippen LogP contribution < -0.4 is 4.72 Å². The van der Waals surface area contributed by atoms with Gasteiger partial charge in [-0.05, 0) is 61.6 Å². The molecule has 1 aromatic heterocycles. The van der Waals surface area contributed by atoms with Gasteiger partial charge in [-0.3, -0.25) is 0 Å². The number of aromatic amines is 1. The highest BCUT2D eigenvalue weighted by Gasteiger charge is 2.29. The SMILES string of the molecule is CC(C)C[C@@H](NS(=O)(=O)c1ccc(S(=O)(=O)N2CCCC2)cc1)c1nc2ccccc2[nH]1. The first-order valence-electron chi connectivity index (χ1n) is 10.7. The van der Waals surface area contributed by atoms with Crippen molar-refractivity contribution in [3.05, 3.63) is 54.4 Å². The number of nitrogens with zero attached hydrogens (tertiary/aromatic N) is 2. The molecule has 4 rings (SSSR count). The molecule has 1 fully saturated rings. The van der Waals surface area contributed by atoms with Crippen molar-refractivity contribution in [3.63, 3.8) is 0 Å². The number of hydrogen-bond acceptors (Lipinski definition) is 5. The van der Waals surface area contributed by atoms with Crippen molar-refractivity contribution in [1.82, 2.24) is 19.0 Å². The largest absolute Gasteiger partial charge is 0.341 e. The number of nitrogens with one attached hydrogen (secondary N) is 2. The summed E-state index contributed by atoms with van der Waals surface area (Å²) < 4.78 is 55.9. The normalized spacial score (nSPS) is 16.7. The van der Waals surface area contributed by atoms with Gasteiger partial charge in [0.2, 0.25) is 20.0 Å². The van der Waals surface area contributed by atoms with Crippen molar-refractivity contribution in [2.45, 2.75) is 48.9 Å². The fourth-order valence-corrected chi connectivity index (χ4v) is 6.68. The molecule has 1 aliphatic heterocycles. The Morgan fingerprint density at radius 2 is 1.59 bits per heavy atom. The fraction of sp³-hybridized carbons (Fsp3) is 0.409. The first-order valence-corrected chi connectivity index (χ1v) is 13.7. The molecule has 1 atom stereocenters. The van der Waals surface area contributed by atoms with Crippen molar-refractivity contribution in [2.24, 2.45) is 5.92 Å². The molecule has 172 valence electrons. The third kappa shape index (κ3) is 4.73. The maximum absolute atomic E-state index is 13.1. The first-order chi connectivity index (χ1) is 15.2. The Morgan fingerprint density at radius 1 is 0.969 bits per heavy atom. The summed E-state index contributed by atoms with van der Waals surface area (Å²) in [5, 5.41) is 0. The summed E-state index contributed by atoms with van der Waals surface area (Å²) in [7, 11) is -7.49. The summed E-state index contributed by atoms with van der Waals surface area (Å²) in [4.78, 5) is 7.90. The van der Waals surface area contributed by atoms with E-state index in [4.69, 9.17) is 0 Å². The lowest BCUT2D eigenvalue weighted by Crippen LogP contribution is -2.30. The monoisotopic (exact) mass is 476 g/mol. The quantitative estimate of drug-likeness (QED) is 0.517. The van der Waals surface area contributed by atoms with E-state index in [2.05, 4.69) is 14.7 Å². The zero-order chi connectivity index (χ0) is 22.9. The van der Waals surface area contributed by atoms with Gasteiger partial charge in [0.1, 0.15) is 5.82 Å². The molecule has 1 saturated heterocycles. The van der Waals surface area contributed by atoms with Gasteiger partial charge >= 0.3 is 0 Å². The Balaban J connectivity index is 1.59. The second kappa shape index (κ2) is 8.93. The minimum atomic E-state index is -3.89. The number of imidazole rings is 1. The van der Waals surface area contributed by atoms with Gasteiger partial charge in [0.15, 0.2) is 0 Å². The molecule has 32 heavy (non-hydrogen) atoms. The van der Waals surface area contributed by atoms with Crippen LogP contribution in [0.2, 0.25) is 0 Å². The van der Waals surface area contributed by atoms with Crippen LogP contribution >= 0.6 is 0 Å². The lowest BCUT2D eigenvalue weighted by atomic mass is 10.0. The van der Waals surface area contributed by atoms with Crippen LogP contribution in [0.3, 0.4) is 0 Å². The summed E-state index contributed by atoms with van der Waals surface area (Å²) in [5.74, 6) is 0.778. The number of H-pyrrole nitrogens is 1. The van der Waals surface area contributed by atoms with Crippen molar-refractivity contribution >= 4 is 31.1 Å². The number of benzene rings is 2. The zero-order valence-corrected chi connectivity index (χ0v) is 19.8. The fourth-order valence-electron chi connectivity index (χ4n) is 3.95. The van der Waals surface area contributed by atoms with Crippen molar-refractivity contribution in [1.29, 1.82) is 0 Å². The molecule has 3 aromatic rings. The van der Waals surface area contributed by atoms with Crippen LogP contribution in [-0.2, 0) is 20.0 Å². The van der Waals surface area contributed by atoms with E-state index in [1.54, 1.807) is 0 Å². The molecule has 10 heteroatoms. The van der Waals surface area contributed by atoms with Crippen LogP contribution in [0.25, 0.3) is 11.0 Å². The van der Waals surface area contributed by atoms with Gasteiger partial charge in [0.25, 0.3) is 0 Å². The van der Waals surface area contributed by atoms with Gasteiger partial charge in [0.05, 0.1) is 26.9 Å². The smallest absolute Gasteiger partial charge is 0.243 e. The van der Waals surface area contributed by atoms with Gasteiger partial charge in [-0.25, -0.2) is 26.5 Å². The van der Waals surface area contributed by atoms with E-state index in [1.165, 1.54) is 28.6 Å². The van der Waals surface area contributed by atoms with Gasteiger partial charge in [0, 0.05) is 13.1 Å². The third-order valence-corrected chi connectivity index (χ3v) is 8.98. The molecule has 0 spiro atoms. The molecule has 0 saturated carbocycles. The van der Waals surface area contributed by atoms with E-state index < -0.39 is 26.1 Å². The van der Waals surface area contributed by atoms with Crippen molar-refractivity contribution in [3.8, 4) is 0 Å². The standard InChI is InChI=1S/C22H28N4O4S2/c1-16(2)15-21(22-23-19-7-3-4-8-20(19)24-22)25-31(27,28)17-9-11-18(12-10-17)32(29,30)26-13-5-6-14-26/h3-4,7-12,16,21,25H,5-6,13-15H2,1-2H3,(H,23,24)/t21-/m1/s1. The second-order valence-electron chi connectivity index (χ2n) is 8.53. The van der Waals surface area contributed by atoms with Gasteiger partial charge < -0.3 is 4.98 Å². The highest BCUT2D eigenvalue weighted by Crippen LogP contribution is 2.26. The van der Waals surface area contributed by atoms with Crippen LogP contribution in [0.1, 0.15) is 45.0 Å².